The second-order valence-electron chi connectivity index (χ2n) is 7.93. The van der Waals surface area contributed by atoms with Gasteiger partial charge in [-0.15, -0.1) is 0 Å². The third kappa shape index (κ3) is 3.99. The van der Waals surface area contributed by atoms with Crippen molar-refractivity contribution < 1.29 is 18.4 Å². The maximum absolute atomic E-state index is 14.7. The first-order chi connectivity index (χ1) is 14.7. The molecule has 0 aliphatic carbocycles. The Morgan fingerprint density at radius 3 is 2.19 bits per heavy atom. The molecule has 9 heteroatoms. The lowest BCUT2D eigenvalue weighted by Crippen LogP contribution is -2.49. The first-order valence-corrected chi connectivity index (χ1v) is 10.1. The average Bonchev–Trinajstić information content (AvgIpc) is 3.05. The van der Waals surface area contributed by atoms with E-state index in [1.807, 2.05) is 19.9 Å². The molecule has 0 unspecified atom stereocenters. The van der Waals surface area contributed by atoms with Gasteiger partial charge in [0.05, 0.1) is 12.2 Å². The predicted molar refractivity (Wildman–Crippen MR) is 114 cm³/mol. The van der Waals surface area contributed by atoms with Gasteiger partial charge in [-0.25, -0.2) is 23.6 Å². The van der Waals surface area contributed by atoms with Gasteiger partial charge in [0.15, 0.2) is 0 Å². The number of hydrogen-bond donors (Lipinski definition) is 0. The average molecular weight is 427 g/mol. The van der Waals surface area contributed by atoms with E-state index < -0.39 is 29.1 Å². The Kier molecular flexibility index (Phi) is 5.43. The fraction of sp³-hybridized carbons (Fsp3) is 0.364. The molecule has 7 nitrogen and oxygen atoms in total. The molecule has 4 rings (SSSR count). The van der Waals surface area contributed by atoms with E-state index in [0.717, 1.165) is 29.1 Å². The monoisotopic (exact) mass is 427 g/mol. The van der Waals surface area contributed by atoms with Crippen molar-refractivity contribution in [1.29, 1.82) is 0 Å². The minimum absolute atomic E-state index is 0.0443. The van der Waals surface area contributed by atoms with Crippen LogP contribution in [0, 0.1) is 25.5 Å². The number of aryl methyl sites for hydroxylation is 2. The number of urea groups is 1. The molecule has 1 saturated heterocycles. The Morgan fingerprint density at radius 2 is 1.65 bits per heavy atom. The smallest absolute Gasteiger partial charge is 0.348 e. The number of benzene rings is 1. The number of piperazine rings is 1. The second-order valence-corrected chi connectivity index (χ2v) is 7.93. The van der Waals surface area contributed by atoms with Gasteiger partial charge in [-0.1, -0.05) is 6.07 Å². The predicted octanol–water partition coefficient (Wildman–Crippen LogP) is 3.34. The number of anilines is 2. The molecule has 3 heterocycles. The van der Waals surface area contributed by atoms with E-state index in [2.05, 4.69) is 14.9 Å². The van der Waals surface area contributed by atoms with Crippen molar-refractivity contribution in [2.75, 3.05) is 42.5 Å². The maximum atomic E-state index is 14.7. The molecular weight excluding hydrogens is 404 g/mol. The lowest BCUT2D eigenvalue weighted by atomic mass is 10.1. The van der Waals surface area contributed by atoms with Crippen molar-refractivity contribution in [1.82, 2.24) is 9.88 Å². The summed E-state index contributed by atoms with van der Waals surface area (Å²) < 4.78 is 29.5. The first kappa shape index (κ1) is 20.9. The Balaban J connectivity index is 1.48. The van der Waals surface area contributed by atoms with Crippen molar-refractivity contribution in [2.45, 2.75) is 20.8 Å². The first-order valence-electron chi connectivity index (χ1n) is 10.1. The third-order valence-corrected chi connectivity index (χ3v) is 5.51. The van der Waals surface area contributed by atoms with E-state index >= 15 is 0 Å². The molecule has 3 amide bonds. The fourth-order valence-electron chi connectivity index (χ4n) is 4.00. The number of carbonyl (C=O) groups excluding carboxylic acids is 2. The van der Waals surface area contributed by atoms with Crippen molar-refractivity contribution >= 4 is 29.2 Å². The summed E-state index contributed by atoms with van der Waals surface area (Å²) >= 11 is 0. The highest BCUT2D eigenvalue weighted by Gasteiger charge is 2.30. The van der Waals surface area contributed by atoms with Crippen LogP contribution in [0.2, 0.25) is 0 Å². The second kappa shape index (κ2) is 8.05. The van der Waals surface area contributed by atoms with Gasteiger partial charge in [-0.2, -0.15) is 0 Å². The van der Waals surface area contributed by atoms with Gasteiger partial charge in [0.2, 0.25) is 0 Å². The molecule has 31 heavy (non-hydrogen) atoms. The van der Waals surface area contributed by atoms with Crippen LogP contribution in [0.5, 0.6) is 0 Å². The number of hydrogen-bond acceptors (Lipinski definition) is 4. The van der Waals surface area contributed by atoms with Gasteiger partial charge >= 0.3 is 6.03 Å². The van der Waals surface area contributed by atoms with E-state index in [4.69, 9.17) is 0 Å². The zero-order valence-electron chi connectivity index (χ0n) is 17.7. The number of halogens is 2. The Morgan fingerprint density at radius 1 is 1.00 bits per heavy atom. The molecule has 0 radical (unpaired) electrons. The van der Waals surface area contributed by atoms with Crippen molar-refractivity contribution in [2.24, 2.45) is 4.99 Å². The lowest BCUT2D eigenvalue weighted by Gasteiger charge is -2.36. The SMILES string of the molecule is CC1=NC(=O)N(c2cc(F)c(C(=O)N3CCN(c4ncc(C)cc4C)CC3)c(F)c2)C1. The number of carbonyl (C=O) groups is 2. The van der Waals surface area contributed by atoms with E-state index in [-0.39, 0.29) is 12.2 Å². The number of aromatic nitrogens is 1. The highest BCUT2D eigenvalue weighted by Crippen LogP contribution is 2.26. The number of aliphatic imine (C=N–C) groups is 1. The van der Waals surface area contributed by atoms with Gasteiger partial charge in [-0.05, 0) is 44.0 Å². The molecule has 2 aliphatic heterocycles. The summed E-state index contributed by atoms with van der Waals surface area (Å²) in [4.78, 5) is 37.6. The quantitative estimate of drug-likeness (QED) is 0.754. The molecule has 0 atom stereocenters. The molecule has 162 valence electrons. The van der Waals surface area contributed by atoms with Crippen LogP contribution >= 0.6 is 0 Å². The van der Waals surface area contributed by atoms with Gasteiger partial charge in [0.25, 0.3) is 5.91 Å². The maximum Gasteiger partial charge on any atom is 0.348 e. The number of rotatable bonds is 3. The molecule has 1 fully saturated rings. The highest BCUT2D eigenvalue weighted by molar-refractivity contribution is 6.11. The number of amides is 3. The molecule has 2 aromatic rings. The third-order valence-electron chi connectivity index (χ3n) is 5.51. The van der Waals surface area contributed by atoms with Gasteiger partial charge in [-0.3, -0.25) is 9.69 Å². The molecule has 1 aromatic heterocycles. The Bertz CT molecular complexity index is 1070. The van der Waals surface area contributed by atoms with Crippen molar-refractivity contribution in [3.05, 3.63) is 52.7 Å². The highest BCUT2D eigenvalue weighted by atomic mass is 19.1. The van der Waals surface area contributed by atoms with Crippen LogP contribution in [-0.4, -0.2) is 60.3 Å². The molecule has 0 N–H and O–H groups in total. The van der Waals surface area contributed by atoms with Crippen molar-refractivity contribution in [3.8, 4) is 0 Å². The van der Waals surface area contributed by atoms with Gasteiger partial charge in [0.1, 0.15) is 23.0 Å². The normalized spacial score (nSPS) is 16.7. The standard InChI is InChI=1S/C22H23F2N5O2/c1-13-8-14(2)20(25-11-13)27-4-6-28(7-5-27)21(30)19-17(23)9-16(10-18(19)24)29-12-15(3)26-22(29)31/h8-11H,4-7,12H2,1-3H3. The summed E-state index contributed by atoms with van der Waals surface area (Å²) in [6, 6.07) is 3.49. The fourth-order valence-corrected chi connectivity index (χ4v) is 4.00. The summed E-state index contributed by atoms with van der Waals surface area (Å²) in [5.41, 5.74) is 2.11. The number of nitrogens with zero attached hydrogens (tertiary/aromatic N) is 5. The van der Waals surface area contributed by atoms with Gasteiger partial charge in [0, 0.05) is 38.1 Å². The molecule has 0 bridgehead atoms. The minimum atomic E-state index is -0.990. The summed E-state index contributed by atoms with van der Waals surface area (Å²) in [6.07, 6.45) is 1.80. The Labute approximate surface area is 179 Å². The van der Waals surface area contributed by atoms with Crippen LogP contribution in [0.25, 0.3) is 0 Å². The van der Waals surface area contributed by atoms with Crippen LogP contribution in [0.15, 0.2) is 29.4 Å². The largest absolute Gasteiger partial charge is 0.353 e. The summed E-state index contributed by atoms with van der Waals surface area (Å²) in [5, 5.41) is 0. The topological polar surface area (TPSA) is 69.1 Å². The van der Waals surface area contributed by atoms with E-state index in [1.54, 1.807) is 13.1 Å². The molecular formula is C22H23F2N5O2. The van der Waals surface area contributed by atoms with Crippen LogP contribution in [-0.2, 0) is 0 Å². The zero-order valence-corrected chi connectivity index (χ0v) is 17.7. The molecule has 1 aromatic carbocycles. The van der Waals surface area contributed by atoms with Crippen LogP contribution in [0.4, 0.5) is 25.1 Å². The van der Waals surface area contributed by atoms with Crippen LogP contribution in [0.3, 0.4) is 0 Å². The summed E-state index contributed by atoms with van der Waals surface area (Å²) in [5.74, 6) is -1.83. The molecule has 2 aliphatic rings. The molecule has 0 spiro atoms. The molecule has 0 saturated carbocycles. The minimum Gasteiger partial charge on any atom is -0.353 e. The van der Waals surface area contributed by atoms with E-state index in [1.165, 1.54) is 9.80 Å². The van der Waals surface area contributed by atoms with Crippen LogP contribution in [0.1, 0.15) is 28.4 Å². The van der Waals surface area contributed by atoms with Crippen molar-refractivity contribution in [3.63, 3.8) is 0 Å². The van der Waals surface area contributed by atoms with E-state index in [9.17, 15) is 18.4 Å². The lowest BCUT2D eigenvalue weighted by molar-refractivity contribution is 0.0736. The Hall–Kier alpha value is -3.36. The summed E-state index contributed by atoms with van der Waals surface area (Å²) in [7, 11) is 0. The van der Waals surface area contributed by atoms with Crippen LogP contribution < -0.4 is 9.80 Å². The zero-order chi connectivity index (χ0) is 22.3. The van der Waals surface area contributed by atoms with Gasteiger partial charge < -0.3 is 9.80 Å². The van der Waals surface area contributed by atoms with E-state index in [0.29, 0.717) is 31.9 Å². The number of pyridine rings is 1. The summed E-state index contributed by atoms with van der Waals surface area (Å²) in [6.45, 7) is 7.47.